The summed E-state index contributed by atoms with van der Waals surface area (Å²) in [4.78, 5) is 4.45. The van der Waals surface area contributed by atoms with Crippen LogP contribution in [0.3, 0.4) is 0 Å². The van der Waals surface area contributed by atoms with Gasteiger partial charge in [-0.25, -0.2) is 4.98 Å². The van der Waals surface area contributed by atoms with E-state index in [0.717, 1.165) is 21.9 Å². The van der Waals surface area contributed by atoms with Crippen molar-refractivity contribution in [2.45, 2.75) is 13.8 Å². The summed E-state index contributed by atoms with van der Waals surface area (Å²) in [5.41, 5.74) is 9.54. The first-order valence-corrected chi connectivity index (χ1v) is 5.08. The zero-order valence-corrected chi connectivity index (χ0v) is 9.11. The van der Waals surface area contributed by atoms with E-state index in [1.165, 1.54) is 5.56 Å². The van der Waals surface area contributed by atoms with Crippen molar-refractivity contribution in [3.63, 3.8) is 0 Å². The molecule has 0 radical (unpaired) electrons. The van der Waals surface area contributed by atoms with Crippen molar-refractivity contribution in [2.75, 3.05) is 5.73 Å². The summed E-state index contributed by atoms with van der Waals surface area (Å²) in [7, 11) is 0. The number of benzene rings is 1. The molecule has 0 aliphatic heterocycles. The Morgan fingerprint density at radius 3 is 2.81 bits per heavy atom. The first kappa shape index (κ1) is 9.15. The molecular weight excluding hydrogens is 202 g/mol. The lowest BCUT2D eigenvalue weighted by Crippen LogP contribution is -1.87. The monoisotopic (exact) mass is 213 g/mol. The highest BCUT2D eigenvalue weighted by atomic mass is 16.5. The maximum Gasteiger partial charge on any atom is 0.231 e. The molecule has 16 heavy (non-hydrogen) atoms. The Balaban J connectivity index is 2.53. The first-order valence-electron chi connectivity index (χ1n) is 5.08. The second-order valence-electron chi connectivity index (χ2n) is 4.06. The lowest BCUT2D eigenvalue weighted by molar-refractivity contribution is 0.443. The van der Waals surface area contributed by atoms with Gasteiger partial charge in [0.2, 0.25) is 11.5 Å². The fourth-order valence-electron chi connectivity index (χ4n) is 2.03. The van der Waals surface area contributed by atoms with Crippen molar-refractivity contribution in [3.8, 4) is 0 Å². The topological polar surface area (TPSA) is 64.9 Å². The standard InChI is InChI=1S/C12H11N3O/c1-6-3-7(2)10-8(4-6)5-9-11(13)16-15-12(9)14-10/h3-5H,13H2,1-2H3. The summed E-state index contributed by atoms with van der Waals surface area (Å²) in [6, 6.07) is 6.16. The molecule has 2 heterocycles. The molecule has 4 heteroatoms. The molecule has 4 nitrogen and oxygen atoms in total. The second-order valence-corrected chi connectivity index (χ2v) is 4.06. The van der Waals surface area contributed by atoms with E-state index >= 15 is 0 Å². The Morgan fingerprint density at radius 2 is 2.00 bits per heavy atom. The zero-order chi connectivity index (χ0) is 11.3. The highest BCUT2D eigenvalue weighted by Gasteiger charge is 2.09. The van der Waals surface area contributed by atoms with Crippen LogP contribution in [0.5, 0.6) is 0 Å². The molecule has 0 aliphatic carbocycles. The van der Waals surface area contributed by atoms with Crippen LogP contribution in [-0.2, 0) is 0 Å². The van der Waals surface area contributed by atoms with Gasteiger partial charge in [-0.2, -0.15) is 0 Å². The van der Waals surface area contributed by atoms with Crippen LogP contribution in [-0.4, -0.2) is 10.1 Å². The second kappa shape index (κ2) is 2.95. The predicted octanol–water partition coefficient (Wildman–Crippen LogP) is 2.58. The van der Waals surface area contributed by atoms with Crippen molar-refractivity contribution in [1.29, 1.82) is 0 Å². The minimum absolute atomic E-state index is 0.323. The molecule has 0 unspecified atom stereocenters. The highest BCUT2D eigenvalue weighted by molar-refractivity contribution is 5.96. The van der Waals surface area contributed by atoms with Crippen LogP contribution < -0.4 is 5.73 Å². The normalized spacial score (nSPS) is 11.4. The van der Waals surface area contributed by atoms with Crippen LogP contribution >= 0.6 is 0 Å². The summed E-state index contributed by atoms with van der Waals surface area (Å²) in [5, 5.41) is 5.67. The Morgan fingerprint density at radius 1 is 1.19 bits per heavy atom. The van der Waals surface area contributed by atoms with Crippen LogP contribution in [0.1, 0.15) is 11.1 Å². The molecule has 2 aromatic heterocycles. The number of nitrogens with two attached hydrogens (primary N) is 1. The average molecular weight is 213 g/mol. The quantitative estimate of drug-likeness (QED) is 0.623. The van der Waals surface area contributed by atoms with Crippen molar-refractivity contribution in [2.24, 2.45) is 0 Å². The van der Waals surface area contributed by atoms with Gasteiger partial charge in [0.25, 0.3) is 0 Å². The molecule has 80 valence electrons. The molecule has 3 aromatic rings. The lowest BCUT2D eigenvalue weighted by atomic mass is 10.1. The fraction of sp³-hybridized carbons (Fsp3) is 0.167. The predicted molar refractivity (Wildman–Crippen MR) is 63.2 cm³/mol. The van der Waals surface area contributed by atoms with E-state index in [9.17, 15) is 0 Å². The SMILES string of the molecule is Cc1cc(C)c2nc3noc(N)c3cc2c1. The Kier molecular flexibility index (Phi) is 1.68. The van der Waals surface area contributed by atoms with Gasteiger partial charge in [-0.3, -0.25) is 0 Å². The molecule has 1 aromatic carbocycles. The summed E-state index contributed by atoms with van der Waals surface area (Å²) in [6.07, 6.45) is 0. The third kappa shape index (κ3) is 1.16. The number of nitrogen functional groups attached to an aromatic ring is 1. The summed E-state index contributed by atoms with van der Waals surface area (Å²) in [5.74, 6) is 0.323. The van der Waals surface area contributed by atoms with Crippen molar-refractivity contribution in [1.82, 2.24) is 10.1 Å². The number of hydrogen-bond donors (Lipinski definition) is 1. The molecule has 0 spiro atoms. The molecule has 3 rings (SSSR count). The van der Waals surface area contributed by atoms with Gasteiger partial charge >= 0.3 is 0 Å². The largest absolute Gasteiger partial charge is 0.367 e. The molecule has 0 atom stereocenters. The van der Waals surface area contributed by atoms with Crippen LogP contribution in [0.25, 0.3) is 21.9 Å². The summed E-state index contributed by atoms with van der Waals surface area (Å²) < 4.78 is 4.92. The number of fused-ring (bicyclic) bond motifs is 2. The molecule has 0 amide bonds. The molecule has 0 saturated carbocycles. The highest BCUT2D eigenvalue weighted by Crippen LogP contribution is 2.26. The van der Waals surface area contributed by atoms with Gasteiger partial charge < -0.3 is 10.3 Å². The van der Waals surface area contributed by atoms with Gasteiger partial charge in [-0.05, 0) is 31.5 Å². The van der Waals surface area contributed by atoms with Crippen LogP contribution in [0.4, 0.5) is 5.88 Å². The summed E-state index contributed by atoms with van der Waals surface area (Å²) in [6.45, 7) is 4.10. The van der Waals surface area contributed by atoms with Crippen LogP contribution in [0.2, 0.25) is 0 Å². The minimum Gasteiger partial charge on any atom is -0.367 e. The maximum atomic E-state index is 5.67. The number of aryl methyl sites for hydroxylation is 2. The Labute approximate surface area is 92.0 Å². The average Bonchev–Trinajstić information content (AvgIpc) is 2.58. The third-order valence-electron chi connectivity index (χ3n) is 2.73. The number of nitrogens with zero attached hydrogens (tertiary/aromatic N) is 2. The molecule has 0 fully saturated rings. The van der Waals surface area contributed by atoms with Gasteiger partial charge in [0.1, 0.15) is 0 Å². The number of rotatable bonds is 0. The molecule has 0 aliphatic rings. The molecule has 2 N–H and O–H groups in total. The first-order chi connectivity index (χ1) is 7.65. The van der Waals surface area contributed by atoms with Gasteiger partial charge in [0, 0.05) is 5.39 Å². The molecule has 0 saturated heterocycles. The lowest BCUT2D eigenvalue weighted by Gasteiger charge is -2.02. The minimum atomic E-state index is 0.323. The molecular formula is C12H11N3O. The van der Waals surface area contributed by atoms with Gasteiger partial charge in [-0.15, -0.1) is 0 Å². The number of anilines is 1. The maximum absolute atomic E-state index is 5.67. The van der Waals surface area contributed by atoms with Crippen molar-refractivity contribution < 1.29 is 4.52 Å². The third-order valence-corrected chi connectivity index (χ3v) is 2.73. The van der Waals surface area contributed by atoms with E-state index in [1.54, 1.807) is 0 Å². The fourth-order valence-corrected chi connectivity index (χ4v) is 2.03. The zero-order valence-electron chi connectivity index (χ0n) is 9.11. The van der Waals surface area contributed by atoms with E-state index in [1.807, 2.05) is 13.0 Å². The number of aromatic nitrogens is 2. The van der Waals surface area contributed by atoms with E-state index < -0.39 is 0 Å². The smallest absolute Gasteiger partial charge is 0.231 e. The Hall–Kier alpha value is -2.10. The van der Waals surface area contributed by atoms with Gasteiger partial charge in [0.05, 0.1) is 10.9 Å². The molecule has 0 bridgehead atoms. The number of pyridine rings is 1. The van der Waals surface area contributed by atoms with E-state index in [-0.39, 0.29) is 0 Å². The van der Waals surface area contributed by atoms with Gasteiger partial charge in [-0.1, -0.05) is 16.8 Å². The van der Waals surface area contributed by atoms with E-state index in [2.05, 4.69) is 29.2 Å². The van der Waals surface area contributed by atoms with E-state index in [0.29, 0.717) is 11.5 Å². The van der Waals surface area contributed by atoms with Crippen molar-refractivity contribution >= 4 is 27.8 Å². The van der Waals surface area contributed by atoms with Crippen LogP contribution in [0.15, 0.2) is 22.7 Å². The van der Waals surface area contributed by atoms with Crippen LogP contribution in [0, 0.1) is 13.8 Å². The van der Waals surface area contributed by atoms with Crippen molar-refractivity contribution in [3.05, 3.63) is 29.3 Å². The Bertz CT molecular complexity index is 700. The number of hydrogen-bond acceptors (Lipinski definition) is 4. The van der Waals surface area contributed by atoms with Gasteiger partial charge in [0.15, 0.2) is 0 Å². The summed E-state index contributed by atoms with van der Waals surface area (Å²) >= 11 is 0. The van der Waals surface area contributed by atoms with E-state index in [4.69, 9.17) is 10.3 Å².